The number of nitrogens with zero attached hydrogens (tertiary/aromatic N) is 1. The molecule has 3 heterocycles. The van der Waals surface area contributed by atoms with Gasteiger partial charge in [-0.25, -0.2) is 0 Å². The van der Waals surface area contributed by atoms with Gasteiger partial charge >= 0.3 is 11.9 Å². The minimum absolute atomic E-state index is 0.0811. The molecule has 3 aliphatic rings. The van der Waals surface area contributed by atoms with E-state index in [2.05, 4.69) is 0 Å². The fourth-order valence-electron chi connectivity index (χ4n) is 8.14. The van der Waals surface area contributed by atoms with Crippen LogP contribution in [0.5, 0.6) is 0 Å². The van der Waals surface area contributed by atoms with Crippen LogP contribution in [0.15, 0.2) is 0 Å². The van der Waals surface area contributed by atoms with E-state index >= 15 is 0 Å². The molecule has 5 N–H and O–H groups in total. The van der Waals surface area contributed by atoms with E-state index in [1.165, 1.54) is 27.9 Å². The molecule has 0 saturated carbocycles. The molecule has 304 valence electrons. The highest BCUT2D eigenvalue weighted by Gasteiger charge is 2.53. The quantitative estimate of drug-likeness (QED) is 0.234. The maximum Gasteiger partial charge on any atom is 0.311 e. The first kappa shape index (κ1) is 44.9. The van der Waals surface area contributed by atoms with Crippen LogP contribution in [0.4, 0.5) is 0 Å². The number of hydrogen-bond acceptors (Lipinski definition) is 15. The van der Waals surface area contributed by atoms with Crippen LogP contribution in [-0.2, 0) is 42.7 Å². The van der Waals surface area contributed by atoms with E-state index in [-0.39, 0.29) is 31.4 Å². The van der Waals surface area contributed by atoms with Crippen molar-refractivity contribution in [3.63, 3.8) is 0 Å². The number of likely N-dealkylation sites (N-methyl/N-ethyl adjacent to an activating group) is 1. The zero-order valence-electron chi connectivity index (χ0n) is 33.3. The summed E-state index contributed by atoms with van der Waals surface area (Å²) in [5.41, 5.74) is -4.93. The molecule has 15 nitrogen and oxygen atoms in total. The van der Waals surface area contributed by atoms with Gasteiger partial charge in [-0.1, -0.05) is 13.8 Å². The van der Waals surface area contributed by atoms with Crippen LogP contribution in [0.3, 0.4) is 0 Å². The molecule has 3 aliphatic heterocycles. The molecule has 0 aromatic rings. The van der Waals surface area contributed by atoms with Crippen LogP contribution in [0.25, 0.3) is 0 Å². The summed E-state index contributed by atoms with van der Waals surface area (Å²) in [6, 6.07) is -0.334. The van der Waals surface area contributed by atoms with Crippen molar-refractivity contribution in [1.82, 2.24) is 4.90 Å². The predicted octanol–water partition coefficient (Wildman–Crippen LogP) is 1.51. The van der Waals surface area contributed by atoms with E-state index in [0.29, 0.717) is 6.42 Å². The third-order valence-corrected chi connectivity index (χ3v) is 11.6. The lowest BCUT2D eigenvalue weighted by molar-refractivity contribution is -0.318. The molecule has 0 unspecified atom stereocenters. The van der Waals surface area contributed by atoms with Gasteiger partial charge in [0.15, 0.2) is 12.6 Å². The van der Waals surface area contributed by atoms with Gasteiger partial charge in [0, 0.05) is 31.9 Å². The van der Waals surface area contributed by atoms with Crippen LogP contribution < -0.4 is 0 Å². The number of carbonyl (C=O) groups excluding carboxylic acids is 2. The summed E-state index contributed by atoms with van der Waals surface area (Å²) < 4.78 is 42.7. The third-order valence-electron chi connectivity index (χ3n) is 11.6. The van der Waals surface area contributed by atoms with Crippen molar-refractivity contribution in [2.24, 2.45) is 17.8 Å². The number of cyclic esters (lactones) is 2. The number of aliphatic hydroxyl groups excluding tert-OH is 3. The Labute approximate surface area is 309 Å². The number of ether oxygens (including phenoxy) is 7. The van der Waals surface area contributed by atoms with E-state index in [4.69, 9.17) is 33.2 Å². The van der Waals surface area contributed by atoms with Crippen molar-refractivity contribution in [2.75, 3.05) is 21.2 Å². The highest BCUT2D eigenvalue weighted by molar-refractivity contribution is 5.74. The number of esters is 2. The van der Waals surface area contributed by atoms with Crippen molar-refractivity contribution < 1.29 is 68.3 Å². The Morgan fingerprint density at radius 3 is 1.98 bits per heavy atom. The van der Waals surface area contributed by atoms with Crippen molar-refractivity contribution in [2.45, 2.75) is 185 Å². The van der Waals surface area contributed by atoms with Crippen LogP contribution in [0.2, 0.25) is 0 Å². The first-order chi connectivity index (χ1) is 23.9. The molecular formula is C37H67NO14. The monoisotopic (exact) mass is 749 g/mol. The Morgan fingerprint density at radius 2 is 1.42 bits per heavy atom. The lowest BCUT2D eigenvalue weighted by Gasteiger charge is -2.48. The second-order valence-corrected chi connectivity index (χ2v) is 16.4. The van der Waals surface area contributed by atoms with Crippen molar-refractivity contribution in [3.05, 3.63) is 0 Å². The first-order valence-electron chi connectivity index (χ1n) is 18.6. The Morgan fingerprint density at radius 1 is 0.827 bits per heavy atom. The molecule has 15 heteroatoms. The average molecular weight is 750 g/mol. The van der Waals surface area contributed by atoms with E-state index in [0.717, 1.165) is 0 Å². The SMILES string of the molecule is CC[C@H]1OC(=O)[C@H](C)[C@@H](O[C@H]2C[C@@](C)(OC)[C@@H](O)[C@H](C)O2)[C@H](C)[C@@H](O[C@@H]2O[C@H](C)C[C@H](N(C)C)[C@H]2O)[C@](C)(O)C[C@@H](C)OC(=O)[C@@H](C)[C@@H](O)[C@]1(C)O. The van der Waals surface area contributed by atoms with Crippen LogP contribution in [-0.4, -0.2) is 154 Å². The highest BCUT2D eigenvalue weighted by atomic mass is 16.7. The molecule has 52 heavy (non-hydrogen) atoms. The summed E-state index contributed by atoms with van der Waals surface area (Å²) in [6.07, 6.45) is -11.0. The Balaban J connectivity index is 2.18. The molecule has 0 amide bonds. The van der Waals surface area contributed by atoms with Crippen molar-refractivity contribution in [3.8, 4) is 0 Å². The second-order valence-electron chi connectivity index (χ2n) is 16.4. The summed E-state index contributed by atoms with van der Waals surface area (Å²) in [4.78, 5) is 29.3. The Bertz CT molecular complexity index is 1190. The van der Waals surface area contributed by atoms with E-state index in [1.807, 2.05) is 25.9 Å². The average Bonchev–Trinajstić information content (AvgIpc) is 3.05. The summed E-state index contributed by atoms with van der Waals surface area (Å²) in [6.45, 7) is 16.0. The fourth-order valence-corrected chi connectivity index (χ4v) is 8.14. The van der Waals surface area contributed by atoms with Gasteiger partial charge in [-0.05, 0) is 82.3 Å². The topological polar surface area (TPSA) is 203 Å². The molecule has 3 saturated heterocycles. The number of methoxy groups -OCH3 is 1. The summed E-state index contributed by atoms with van der Waals surface area (Å²) in [5.74, 6) is -4.82. The van der Waals surface area contributed by atoms with Crippen LogP contribution in [0, 0.1) is 17.8 Å². The molecule has 3 fully saturated rings. The Kier molecular flexibility index (Phi) is 15.1. The molecular weight excluding hydrogens is 682 g/mol. The minimum atomic E-state index is -2.06. The molecule has 0 aromatic heterocycles. The molecule has 0 spiro atoms. The Hall–Kier alpha value is -1.50. The van der Waals surface area contributed by atoms with Gasteiger partial charge in [-0.2, -0.15) is 0 Å². The van der Waals surface area contributed by atoms with Gasteiger partial charge in [-0.15, -0.1) is 0 Å². The smallest absolute Gasteiger partial charge is 0.311 e. The van der Waals surface area contributed by atoms with Gasteiger partial charge in [0.05, 0.1) is 53.6 Å². The van der Waals surface area contributed by atoms with E-state index in [9.17, 15) is 35.1 Å². The van der Waals surface area contributed by atoms with Crippen LogP contribution >= 0.6 is 0 Å². The molecule has 3 rings (SSSR count). The molecule has 0 radical (unpaired) electrons. The molecule has 0 bridgehead atoms. The fraction of sp³-hybridized carbons (Fsp3) is 0.946. The first-order valence-corrected chi connectivity index (χ1v) is 18.6. The van der Waals surface area contributed by atoms with Crippen molar-refractivity contribution in [1.29, 1.82) is 0 Å². The minimum Gasteiger partial charge on any atom is -0.462 e. The van der Waals surface area contributed by atoms with Gasteiger partial charge in [-0.3, -0.25) is 9.59 Å². The summed E-state index contributed by atoms with van der Waals surface area (Å²) in [7, 11) is 5.16. The van der Waals surface area contributed by atoms with Gasteiger partial charge in [0.2, 0.25) is 0 Å². The lowest BCUT2D eigenvalue weighted by atomic mass is 9.79. The maximum absolute atomic E-state index is 14.1. The van der Waals surface area contributed by atoms with Gasteiger partial charge in [0.1, 0.15) is 30.0 Å². The maximum atomic E-state index is 14.1. The van der Waals surface area contributed by atoms with Crippen LogP contribution in [0.1, 0.15) is 94.9 Å². The zero-order valence-corrected chi connectivity index (χ0v) is 33.3. The van der Waals surface area contributed by atoms with E-state index < -0.39 is 108 Å². The van der Waals surface area contributed by atoms with E-state index in [1.54, 1.807) is 41.5 Å². The van der Waals surface area contributed by atoms with Gasteiger partial charge < -0.3 is 63.6 Å². The molecule has 0 aliphatic carbocycles. The lowest BCUT2D eigenvalue weighted by Crippen LogP contribution is -2.60. The number of carbonyl (C=O) groups is 2. The number of aliphatic hydroxyl groups is 5. The number of rotatable bonds is 7. The van der Waals surface area contributed by atoms with Gasteiger partial charge in [0.25, 0.3) is 0 Å². The molecule has 0 aromatic carbocycles. The zero-order chi connectivity index (χ0) is 39.7. The summed E-state index contributed by atoms with van der Waals surface area (Å²) >= 11 is 0. The summed E-state index contributed by atoms with van der Waals surface area (Å²) in [5, 5.41) is 57.4. The second kappa shape index (κ2) is 17.5. The third kappa shape index (κ3) is 9.83. The van der Waals surface area contributed by atoms with Crippen molar-refractivity contribution >= 4 is 11.9 Å². The molecule has 18 atom stereocenters. The largest absolute Gasteiger partial charge is 0.462 e. The number of hydrogen-bond donors (Lipinski definition) is 5. The standard InChI is InChI=1S/C37H67NO14/c1-14-25-37(10,45)29(40)22(6)33(43)47-19(3)16-35(8,44)31(52-34-27(39)24(38(11)12)15-18(2)48-34)20(4)28(21(5)32(42)50-25)51-26-17-36(9,46-13)30(41)23(7)49-26/h18-31,34,39-41,44-45H,14-17H2,1-13H3/t18-,19-,20+,21-,22+,23+,24+,25-,26+,27-,28+,29-,30+,31-,34+,35-,36-,37-/m1/s1. The highest BCUT2D eigenvalue weighted by Crippen LogP contribution is 2.40. The normalized spacial score (nSPS) is 49.1. The predicted molar refractivity (Wildman–Crippen MR) is 188 cm³/mol.